The van der Waals surface area contributed by atoms with Crippen LogP contribution in [0.4, 0.5) is 5.69 Å². The SMILES string of the molecule is C/C=C/c1cccc(C)c1.Cc1cccc(C2CC2C(=O)Nc2cc3c4c(c[nH]c4c2)C=NNC3=O)c1.Cc1cccc(C2CC2C)c1. The lowest BCUT2D eigenvalue weighted by Gasteiger charge is -2.09. The fraction of sp³-hybridized carbons (Fsp3) is 0.262. The van der Waals surface area contributed by atoms with E-state index >= 15 is 0 Å². The van der Waals surface area contributed by atoms with Crippen molar-refractivity contribution in [2.45, 2.75) is 59.3 Å². The number of amides is 2. The highest BCUT2D eigenvalue weighted by atomic mass is 16.2. The summed E-state index contributed by atoms with van der Waals surface area (Å²) < 4.78 is 0. The van der Waals surface area contributed by atoms with Crippen LogP contribution in [0.2, 0.25) is 0 Å². The number of aromatic amines is 1. The van der Waals surface area contributed by atoms with Crippen molar-refractivity contribution < 1.29 is 9.59 Å². The Balaban J connectivity index is 0.000000156. The number of carbonyl (C=O) groups excluding carboxylic acids is 2. The van der Waals surface area contributed by atoms with Crippen LogP contribution in [0.3, 0.4) is 0 Å². The Kier molecular flexibility index (Phi) is 9.72. The maximum Gasteiger partial charge on any atom is 0.272 e. The molecule has 3 N–H and O–H groups in total. The lowest BCUT2D eigenvalue weighted by molar-refractivity contribution is -0.117. The van der Waals surface area contributed by atoms with Crippen LogP contribution in [0.1, 0.15) is 87.8 Å². The number of anilines is 1. The normalized spacial score (nSPS) is 20.1. The average molecular weight is 637 g/mol. The quantitative estimate of drug-likeness (QED) is 0.180. The number of hydrogen-bond donors (Lipinski definition) is 3. The first kappa shape index (κ1) is 32.7. The summed E-state index contributed by atoms with van der Waals surface area (Å²) in [5.74, 6) is 1.74. The number of carbonyl (C=O) groups is 2. The van der Waals surface area contributed by atoms with Crippen LogP contribution in [0.25, 0.3) is 17.0 Å². The first-order chi connectivity index (χ1) is 23.2. The van der Waals surface area contributed by atoms with E-state index in [9.17, 15) is 9.59 Å². The minimum absolute atomic E-state index is 0.00915. The molecule has 0 radical (unpaired) electrons. The number of hydrogen-bond acceptors (Lipinski definition) is 3. The van der Waals surface area contributed by atoms with Gasteiger partial charge in [0.05, 0.1) is 11.8 Å². The number of nitrogens with zero attached hydrogens (tertiary/aromatic N) is 1. The zero-order valence-corrected chi connectivity index (χ0v) is 28.4. The zero-order chi connectivity index (χ0) is 33.8. The Morgan fingerprint density at radius 1 is 0.854 bits per heavy atom. The third-order valence-electron chi connectivity index (χ3n) is 9.27. The fourth-order valence-corrected chi connectivity index (χ4v) is 6.51. The molecule has 3 aliphatic rings. The van der Waals surface area contributed by atoms with Crippen molar-refractivity contribution in [2.24, 2.45) is 16.9 Å². The van der Waals surface area contributed by atoms with Gasteiger partial charge in [-0.15, -0.1) is 0 Å². The van der Waals surface area contributed by atoms with E-state index in [1.807, 2.05) is 19.1 Å². The summed E-state index contributed by atoms with van der Waals surface area (Å²) in [6.45, 7) is 10.7. The summed E-state index contributed by atoms with van der Waals surface area (Å²) in [6.07, 6.45) is 9.82. The maximum absolute atomic E-state index is 12.7. The van der Waals surface area contributed by atoms with E-state index in [1.165, 1.54) is 39.8 Å². The van der Waals surface area contributed by atoms with Crippen LogP contribution < -0.4 is 10.7 Å². The minimum atomic E-state index is -0.283. The Morgan fingerprint density at radius 3 is 2.12 bits per heavy atom. The summed E-state index contributed by atoms with van der Waals surface area (Å²) in [5.41, 5.74) is 13.2. The molecule has 48 heavy (non-hydrogen) atoms. The highest BCUT2D eigenvalue weighted by molar-refractivity contribution is 6.15. The van der Waals surface area contributed by atoms with Crippen LogP contribution in [0, 0.1) is 32.6 Å². The van der Waals surface area contributed by atoms with Crippen LogP contribution in [-0.2, 0) is 4.79 Å². The predicted molar refractivity (Wildman–Crippen MR) is 198 cm³/mol. The molecule has 1 aliphatic heterocycles. The molecule has 5 aromatic rings. The summed E-state index contributed by atoms with van der Waals surface area (Å²) in [6, 6.07) is 29.2. The second kappa shape index (κ2) is 14.3. The molecule has 0 saturated heterocycles. The topological polar surface area (TPSA) is 86.3 Å². The molecule has 0 bridgehead atoms. The fourth-order valence-electron chi connectivity index (χ4n) is 6.51. The highest BCUT2D eigenvalue weighted by Crippen LogP contribution is 2.48. The monoisotopic (exact) mass is 636 g/mol. The van der Waals surface area contributed by atoms with Crippen LogP contribution in [0.5, 0.6) is 0 Å². The van der Waals surface area contributed by atoms with E-state index in [-0.39, 0.29) is 23.7 Å². The molecule has 4 aromatic carbocycles. The molecule has 2 fully saturated rings. The number of allylic oxidation sites excluding steroid dienone is 1. The number of hydrazone groups is 1. The Morgan fingerprint density at radius 2 is 1.50 bits per heavy atom. The van der Waals surface area contributed by atoms with Gasteiger partial charge >= 0.3 is 0 Å². The van der Waals surface area contributed by atoms with E-state index < -0.39 is 0 Å². The van der Waals surface area contributed by atoms with Gasteiger partial charge < -0.3 is 10.3 Å². The van der Waals surface area contributed by atoms with Gasteiger partial charge in [-0.3, -0.25) is 9.59 Å². The number of benzene rings is 4. The van der Waals surface area contributed by atoms with Gasteiger partial charge in [-0.25, -0.2) is 5.43 Å². The van der Waals surface area contributed by atoms with Crippen molar-refractivity contribution in [1.29, 1.82) is 0 Å². The minimum Gasteiger partial charge on any atom is -0.360 e. The Labute approximate surface area is 283 Å². The van der Waals surface area contributed by atoms with E-state index in [2.05, 4.69) is 127 Å². The molecule has 2 saturated carbocycles. The molecular formula is C42H44N4O2. The van der Waals surface area contributed by atoms with Crippen molar-refractivity contribution in [2.75, 3.05) is 5.32 Å². The highest BCUT2D eigenvalue weighted by Gasteiger charge is 2.44. The molecule has 4 unspecified atom stereocenters. The molecule has 2 heterocycles. The van der Waals surface area contributed by atoms with E-state index in [0.29, 0.717) is 11.3 Å². The van der Waals surface area contributed by atoms with E-state index in [1.54, 1.807) is 18.5 Å². The summed E-state index contributed by atoms with van der Waals surface area (Å²) in [7, 11) is 0. The lowest BCUT2D eigenvalue weighted by atomic mass is 10.0. The van der Waals surface area contributed by atoms with Gasteiger partial charge in [0.25, 0.3) is 5.91 Å². The molecule has 1 aromatic heterocycles. The van der Waals surface area contributed by atoms with Gasteiger partial charge in [-0.05, 0) is 87.1 Å². The van der Waals surface area contributed by atoms with Crippen molar-refractivity contribution in [3.8, 4) is 0 Å². The summed E-state index contributed by atoms with van der Waals surface area (Å²) >= 11 is 0. The first-order valence-electron chi connectivity index (χ1n) is 16.8. The van der Waals surface area contributed by atoms with Crippen molar-refractivity contribution in [3.63, 3.8) is 0 Å². The maximum atomic E-state index is 12.7. The number of nitrogens with one attached hydrogen (secondary N) is 3. The van der Waals surface area contributed by atoms with E-state index in [4.69, 9.17) is 0 Å². The molecular weight excluding hydrogens is 592 g/mol. The van der Waals surface area contributed by atoms with Crippen molar-refractivity contribution in [3.05, 3.63) is 142 Å². The lowest BCUT2D eigenvalue weighted by Crippen LogP contribution is -2.18. The molecule has 4 atom stereocenters. The van der Waals surface area contributed by atoms with Gasteiger partial charge in [0.2, 0.25) is 5.91 Å². The molecule has 2 aliphatic carbocycles. The van der Waals surface area contributed by atoms with E-state index in [0.717, 1.165) is 34.7 Å². The van der Waals surface area contributed by atoms with Gasteiger partial charge in [0.15, 0.2) is 0 Å². The zero-order valence-electron chi connectivity index (χ0n) is 28.4. The number of aromatic nitrogens is 1. The molecule has 244 valence electrons. The smallest absolute Gasteiger partial charge is 0.272 e. The van der Waals surface area contributed by atoms with Crippen LogP contribution in [0.15, 0.2) is 102 Å². The molecule has 8 rings (SSSR count). The second-order valence-electron chi connectivity index (χ2n) is 13.4. The predicted octanol–water partition coefficient (Wildman–Crippen LogP) is 9.44. The third-order valence-corrected chi connectivity index (χ3v) is 9.27. The molecule has 6 nitrogen and oxygen atoms in total. The van der Waals surface area contributed by atoms with Gasteiger partial charge in [0.1, 0.15) is 0 Å². The van der Waals surface area contributed by atoms with Crippen molar-refractivity contribution in [1.82, 2.24) is 10.4 Å². The summed E-state index contributed by atoms with van der Waals surface area (Å²) in [4.78, 5) is 28.1. The van der Waals surface area contributed by atoms with Gasteiger partial charge in [-0.2, -0.15) is 5.10 Å². The largest absolute Gasteiger partial charge is 0.360 e. The number of rotatable bonds is 5. The number of H-pyrrole nitrogens is 1. The summed E-state index contributed by atoms with van der Waals surface area (Å²) in [5, 5.41) is 7.71. The first-order valence-corrected chi connectivity index (χ1v) is 16.8. The molecule has 6 heteroatoms. The van der Waals surface area contributed by atoms with Gasteiger partial charge in [0, 0.05) is 34.3 Å². The average Bonchev–Trinajstić information content (AvgIpc) is 3.98. The van der Waals surface area contributed by atoms with Crippen LogP contribution in [-0.4, -0.2) is 23.0 Å². The van der Waals surface area contributed by atoms with Gasteiger partial charge in [-0.1, -0.05) is 109 Å². The molecule has 2 amide bonds. The number of aryl methyl sites for hydroxylation is 3. The second-order valence-corrected chi connectivity index (χ2v) is 13.4. The molecule has 0 spiro atoms. The van der Waals surface area contributed by atoms with Crippen molar-refractivity contribution >= 4 is 40.7 Å². The standard InChI is InChI=1S/C21H18N4O2.C11H14.C10H12/c1-11-3-2-4-12(5-11)15-8-16(15)20(26)24-14-6-17-19-13(9-22-18(19)7-14)10-23-25-21(17)27;1-8-4-3-5-10(6-8)11-7-9(11)2;1-3-5-10-7-4-6-9(2)8-10/h2-7,9-10,15-16,22H,8H2,1H3,(H,24,26)(H,25,27);3-6,9,11H,7H2,1-2H3;3-8H,1-2H3/b;;5-3+. The Hall–Kier alpha value is -5.23. The third kappa shape index (κ3) is 7.83. The Bertz CT molecular complexity index is 2020. The van der Waals surface area contributed by atoms with Crippen LogP contribution >= 0.6 is 0 Å².